The molecule has 2 N–H and O–H groups in total. The molecule has 112 valence electrons. The summed E-state index contributed by atoms with van der Waals surface area (Å²) in [6.07, 6.45) is 0.690. The Morgan fingerprint density at radius 1 is 1.10 bits per heavy atom. The van der Waals surface area contributed by atoms with Gasteiger partial charge in [0.2, 0.25) is 0 Å². The van der Waals surface area contributed by atoms with Crippen LogP contribution in [0, 0.1) is 5.82 Å². The summed E-state index contributed by atoms with van der Waals surface area (Å²) in [4.78, 5) is 0. The second kappa shape index (κ2) is 7.23. The molecule has 0 saturated carbocycles. The molecule has 0 fully saturated rings. The van der Waals surface area contributed by atoms with Gasteiger partial charge in [0.1, 0.15) is 11.6 Å². The molecule has 0 radical (unpaired) electrons. The van der Waals surface area contributed by atoms with Crippen molar-refractivity contribution in [2.45, 2.75) is 32.2 Å². The molecular formula is C18H22FNO. The molecule has 0 spiro atoms. The molecule has 0 bridgehead atoms. The minimum Gasteiger partial charge on any atom is -0.508 e. The summed E-state index contributed by atoms with van der Waals surface area (Å²) in [5.74, 6) is 0.111. The summed E-state index contributed by atoms with van der Waals surface area (Å²) in [6.45, 7) is 4.85. The smallest absolute Gasteiger partial charge is 0.126 e. The third-order valence-electron chi connectivity index (χ3n) is 3.51. The molecule has 0 heterocycles. The van der Waals surface area contributed by atoms with Crippen molar-refractivity contribution in [3.8, 4) is 5.75 Å². The molecule has 2 aromatic carbocycles. The van der Waals surface area contributed by atoms with Crippen LogP contribution in [0.3, 0.4) is 0 Å². The number of phenolic OH excluding ortho intramolecular Hbond substituents is 1. The van der Waals surface area contributed by atoms with Crippen LogP contribution in [-0.4, -0.2) is 17.7 Å². The number of rotatable bonds is 6. The molecular weight excluding hydrogens is 265 g/mol. The van der Waals surface area contributed by atoms with Gasteiger partial charge in [0.15, 0.2) is 0 Å². The molecule has 1 atom stereocenters. The second-order valence-electron chi connectivity index (χ2n) is 5.66. The molecule has 3 heteroatoms. The van der Waals surface area contributed by atoms with Gasteiger partial charge in [-0.25, -0.2) is 4.39 Å². The average molecular weight is 287 g/mol. The molecule has 21 heavy (non-hydrogen) atoms. The summed E-state index contributed by atoms with van der Waals surface area (Å²) in [7, 11) is 0. The quantitative estimate of drug-likeness (QED) is 0.845. The molecule has 2 rings (SSSR count). The predicted octanol–water partition coefficient (Wildman–Crippen LogP) is 3.86. The Balaban J connectivity index is 2.22. The van der Waals surface area contributed by atoms with Gasteiger partial charge in [-0.2, -0.15) is 0 Å². The van der Waals surface area contributed by atoms with E-state index >= 15 is 0 Å². The van der Waals surface area contributed by atoms with E-state index in [0.29, 0.717) is 24.6 Å². The van der Waals surface area contributed by atoms with Crippen molar-refractivity contribution in [2.24, 2.45) is 0 Å². The van der Waals surface area contributed by atoms with Gasteiger partial charge in [-0.3, -0.25) is 0 Å². The van der Waals surface area contributed by atoms with E-state index in [1.165, 1.54) is 6.07 Å². The summed E-state index contributed by atoms with van der Waals surface area (Å²) in [5, 5.41) is 13.0. The maximum Gasteiger partial charge on any atom is 0.126 e. The lowest BCUT2D eigenvalue weighted by atomic mass is 9.91. The zero-order valence-electron chi connectivity index (χ0n) is 12.5. The van der Waals surface area contributed by atoms with Crippen LogP contribution in [0.2, 0.25) is 0 Å². The van der Waals surface area contributed by atoms with Crippen molar-refractivity contribution in [1.82, 2.24) is 5.32 Å². The molecule has 0 aliphatic carbocycles. The summed E-state index contributed by atoms with van der Waals surface area (Å²) < 4.78 is 14.1. The van der Waals surface area contributed by atoms with E-state index in [2.05, 4.69) is 19.2 Å². The summed E-state index contributed by atoms with van der Waals surface area (Å²) >= 11 is 0. The number of benzene rings is 2. The highest BCUT2D eigenvalue weighted by Crippen LogP contribution is 2.24. The maximum atomic E-state index is 14.1. The standard InChI is InChI=1S/C18H22FNO/c1-13(2)20-12-15(17-8-3-4-9-18(17)19)10-14-6-5-7-16(21)11-14/h3-9,11,13,15,20-21H,10,12H2,1-2H3. The zero-order valence-corrected chi connectivity index (χ0v) is 12.5. The molecule has 0 aliphatic heterocycles. The third-order valence-corrected chi connectivity index (χ3v) is 3.51. The lowest BCUT2D eigenvalue weighted by Gasteiger charge is -2.20. The predicted molar refractivity (Wildman–Crippen MR) is 84.1 cm³/mol. The fraction of sp³-hybridized carbons (Fsp3) is 0.333. The maximum absolute atomic E-state index is 14.1. The highest BCUT2D eigenvalue weighted by atomic mass is 19.1. The number of hydrogen-bond donors (Lipinski definition) is 2. The molecule has 0 aromatic heterocycles. The van der Waals surface area contributed by atoms with Crippen LogP contribution in [-0.2, 0) is 6.42 Å². The number of nitrogens with one attached hydrogen (secondary N) is 1. The highest BCUT2D eigenvalue weighted by molar-refractivity contribution is 5.30. The van der Waals surface area contributed by atoms with E-state index < -0.39 is 0 Å². The van der Waals surface area contributed by atoms with E-state index in [1.807, 2.05) is 24.3 Å². The van der Waals surface area contributed by atoms with Gasteiger partial charge < -0.3 is 10.4 Å². The Hall–Kier alpha value is -1.87. The minimum atomic E-state index is -0.173. The SMILES string of the molecule is CC(C)NCC(Cc1cccc(O)c1)c1ccccc1F. The molecule has 2 nitrogen and oxygen atoms in total. The first kappa shape index (κ1) is 15.5. The monoisotopic (exact) mass is 287 g/mol. The average Bonchev–Trinajstić information content (AvgIpc) is 2.44. The Bertz CT molecular complexity index is 583. The number of phenols is 1. The Labute approximate surface area is 125 Å². The van der Waals surface area contributed by atoms with Crippen molar-refractivity contribution in [3.63, 3.8) is 0 Å². The van der Waals surface area contributed by atoms with Gasteiger partial charge in [0.25, 0.3) is 0 Å². The van der Waals surface area contributed by atoms with Gasteiger partial charge in [0.05, 0.1) is 0 Å². The van der Waals surface area contributed by atoms with Crippen LogP contribution in [0.5, 0.6) is 5.75 Å². The van der Waals surface area contributed by atoms with E-state index in [9.17, 15) is 9.50 Å². The molecule has 2 aromatic rings. The largest absolute Gasteiger partial charge is 0.508 e. The lowest BCUT2D eigenvalue weighted by molar-refractivity contribution is 0.472. The molecule has 0 saturated heterocycles. The Morgan fingerprint density at radius 3 is 2.52 bits per heavy atom. The number of hydrogen-bond acceptors (Lipinski definition) is 2. The third kappa shape index (κ3) is 4.57. The topological polar surface area (TPSA) is 32.3 Å². The first-order valence-corrected chi connectivity index (χ1v) is 7.32. The normalized spacial score (nSPS) is 12.6. The van der Waals surface area contributed by atoms with E-state index in [0.717, 1.165) is 5.56 Å². The zero-order chi connectivity index (χ0) is 15.2. The van der Waals surface area contributed by atoms with Gasteiger partial charge in [-0.15, -0.1) is 0 Å². The van der Waals surface area contributed by atoms with Crippen molar-refractivity contribution >= 4 is 0 Å². The van der Waals surface area contributed by atoms with Crippen LogP contribution in [0.25, 0.3) is 0 Å². The molecule has 0 amide bonds. The van der Waals surface area contributed by atoms with Gasteiger partial charge >= 0.3 is 0 Å². The van der Waals surface area contributed by atoms with Crippen molar-refractivity contribution in [2.75, 3.05) is 6.54 Å². The first-order valence-electron chi connectivity index (χ1n) is 7.32. The first-order chi connectivity index (χ1) is 10.1. The Kier molecular flexibility index (Phi) is 5.34. The number of halogens is 1. The van der Waals surface area contributed by atoms with E-state index in [-0.39, 0.29) is 17.5 Å². The molecule has 0 aliphatic rings. The summed E-state index contributed by atoms with van der Waals surface area (Å²) in [6, 6.07) is 14.4. The van der Waals surface area contributed by atoms with Crippen molar-refractivity contribution < 1.29 is 9.50 Å². The minimum absolute atomic E-state index is 0.0374. The van der Waals surface area contributed by atoms with Crippen molar-refractivity contribution in [3.05, 3.63) is 65.5 Å². The van der Waals surface area contributed by atoms with Crippen LogP contribution in [0.15, 0.2) is 48.5 Å². The lowest BCUT2D eigenvalue weighted by Crippen LogP contribution is -2.29. The summed E-state index contributed by atoms with van der Waals surface area (Å²) in [5.41, 5.74) is 1.72. The fourth-order valence-corrected chi connectivity index (χ4v) is 2.44. The van der Waals surface area contributed by atoms with Crippen molar-refractivity contribution in [1.29, 1.82) is 0 Å². The van der Waals surface area contributed by atoms with Crippen LogP contribution in [0.4, 0.5) is 4.39 Å². The highest BCUT2D eigenvalue weighted by Gasteiger charge is 2.16. The van der Waals surface area contributed by atoms with Crippen LogP contribution >= 0.6 is 0 Å². The van der Waals surface area contributed by atoms with Crippen LogP contribution in [0.1, 0.15) is 30.9 Å². The van der Waals surface area contributed by atoms with Gasteiger partial charge in [-0.1, -0.05) is 44.2 Å². The Morgan fingerprint density at radius 2 is 1.86 bits per heavy atom. The number of aromatic hydroxyl groups is 1. The van der Waals surface area contributed by atoms with E-state index in [4.69, 9.17) is 0 Å². The molecule has 1 unspecified atom stereocenters. The van der Waals surface area contributed by atoms with E-state index in [1.54, 1.807) is 18.2 Å². The van der Waals surface area contributed by atoms with Crippen LogP contribution < -0.4 is 5.32 Å². The second-order valence-corrected chi connectivity index (χ2v) is 5.66. The fourth-order valence-electron chi connectivity index (χ4n) is 2.44. The van der Waals surface area contributed by atoms with Gasteiger partial charge in [-0.05, 0) is 35.7 Å². The van der Waals surface area contributed by atoms with Gasteiger partial charge in [0, 0.05) is 18.5 Å².